The van der Waals surface area contributed by atoms with Crippen molar-refractivity contribution in [3.63, 3.8) is 0 Å². The van der Waals surface area contributed by atoms with E-state index >= 15 is 0 Å². The van der Waals surface area contributed by atoms with Crippen molar-refractivity contribution in [3.05, 3.63) is 28.2 Å². The smallest absolute Gasteiger partial charge is 0.181 e. The van der Waals surface area contributed by atoms with Gasteiger partial charge in [0, 0.05) is 11.1 Å². The highest BCUT2D eigenvalue weighted by atomic mass is 35.5. The van der Waals surface area contributed by atoms with Crippen LogP contribution in [0.4, 0.5) is 0 Å². The summed E-state index contributed by atoms with van der Waals surface area (Å²) in [7, 11) is -1.69. The summed E-state index contributed by atoms with van der Waals surface area (Å²) < 4.78 is 24.8. The van der Waals surface area contributed by atoms with Crippen LogP contribution in [0, 0.1) is 5.92 Å². The van der Waals surface area contributed by atoms with Gasteiger partial charge in [0.15, 0.2) is 9.84 Å². The predicted molar refractivity (Wildman–Crippen MR) is 80.8 cm³/mol. The molecule has 2 atom stereocenters. The maximum absolute atomic E-state index is 12.4. The first-order valence-corrected chi connectivity index (χ1v) is 8.57. The zero-order valence-corrected chi connectivity index (χ0v) is 13.6. The van der Waals surface area contributed by atoms with Crippen LogP contribution in [0.5, 0.6) is 0 Å². The van der Waals surface area contributed by atoms with Crippen LogP contribution < -0.4 is 5.32 Å². The molecule has 0 aromatic heterocycles. The SMILES string of the molecule is CCC(C)C(CS(=O)(=O)c1cc(Cl)ccc1Cl)NC. The molecule has 0 heterocycles. The van der Waals surface area contributed by atoms with E-state index in [9.17, 15) is 8.42 Å². The summed E-state index contributed by atoms with van der Waals surface area (Å²) in [5.41, 5.74) is 0. The van der Waals surface area contributed by atoms with Crippen LogP contribution in [0.1, 0.15) is 20.3 Å². The normalized spacial score (nSPS) is 15.2. The van der Waals surface area contributed by atoms with Crippen LogP contribution in [-0.2, 0) is 9.84 Å². The minimum atomic E-state index is -3.46. The molecule has 1 aromatic carbocycles. The van der Waals surface area contributed by atoms with E-state index in [1.165, 1.54) is 12.1 Å². The number of sulfone groups is 1. The molecule has 108 valence electrons. The third-order valence-electron chi connectivity index (χ3n) is 3.33. The first-order chi connectivity index (χ1) is 8.81. The second kappa shape index (κ2) is 6.93. The standard InChI is InChI=1S/C13H19Cl2NO2S/c1-4-9(2)12(16-3)8-19(17,18)13-7-10(14)5-6-11(13)15/h5-7,9,12,16H,4,8H2,1-3H3. The predicted octanol–water partition coefficient (Wildman–Crippen LogP) is 3.40. The average molecular weight is 324 g/mol. The Balaban J connectivity index is 3.07. The van der Waals surface area contributed by atoms with E-state index in [0.29, 0.717) is 5.02 Å². The van der Waals surface area contributed by atoms with Gasteiger partial charge in [-0.2, -0.15) is 0 Å². The lowest BCUT2D eigenvalue weighted by Crippen LogP contribution is -2.38. The van der Waals surface area contributed by atoms with Gasteiger partial charge in [0.2, 0.25) is 0 Å². The van der Waals surface area contributed by atoms with E-state index < -0.39 is 9.84 Å². The molecule has 19 heavy (non-hydrogen) atoms. The van der Waals surface area contributed by atoms with Crippen LogP contribution in [-0.4, -0.2) is 27.3 Å². The summed E-state index contributed by atoms with van der Waals surface area (Å²) in [6.07, 6.45) is 0.907. The Hall–Kier alpha value is -0.290. The molecule has 3 nitrogen and oxygen atoms in total. The molecule has 1 rings (SSSR count). The summed E-state index contributed by atoms with van der Waals surface area (Å²) in [5.74, 6) is 0.274. The van der Waals surface area contributed by atoms with Gasteiger partial charge in [0.1, 0.15) is 0 Å². The largest absolute Gasteiger partial charge is 0.316 e. The molecular weight excluding hydrogens is 305 g/mol. The molecule has 6 heteroatoms. The maximum atomic E-state index is 12.4. The maximum Gasteiger partial charge on any atom is 0.181 e. The van der Waals surface area contributed by atoms with Gasteiger partial charge < -0.3 is 5.32 Å². The first-order valence-electron chi connectivity index (χ1n) is 6.17. The third kappa shape index (κ3) is 4.35. The van der Waals surface area contributed by atoms with Crippen LogP contribution >= 0.6 is 23.2 Å². The zero-order chi connectivity index (χ0) is 14.6. The molecule has 1 aromatic rings. The molecule has 0 radical (unpaired) electrons. The number of hydrogen-bond acceptors (Lipinski definition) is 3. The second-order valence-corrected chi connectivity index (χ2v) is 7.48. The number of benzene rings is 1. The van der Waals surface area contributed by atoms with Crippen molar-refractivity contribution in [1.82, 2.24) is 5.32 Å². The van der Waals surface area contributed by atoms with E-state index in [2.05, 4.69) is 5.32 Å². The molecule has 0 amide bonds. The zero-order valence-electron chi connectivity index (χ0n) is 11.3. The highest BCUT2D eigenvalue weighted by Gasteiger charge is 2.25. The van der Waals surface area contributed by atoms with E-state index in [-0.39, 0.29) is 27.6 Å². The lowest BCUT2D eigenvalue weighted by molar-refractivity contribution is 0.414. The Morgan fingerprint density at radius 1 is 1.32 bits per heavy atom. The number of halogens is 2. The van der Waals surface area contributed by atoms with Gasteiger partial charge in [-0.3, -0.25) is 0 Å². The highest BCUT2D eigenvalue weighted by molar-refractivity contribution is 7.91. The molecule has 0 fully saturated rings. The molecular formula is C13H19Cl2NO2S. The van der Waals surface area contributed by atoms with Gasteiger partial charge in [0.05, 0.1) is 15.7 Å². The molecule has 0 saturated heterocycles. The van der Waals surface area contributed by atoms with Gasteiger partial charge >= 0.3 is 0 Å². The van der Waals surface area contributed by atoms with Gasteiger partial charge in [-0.05, 0) is 31.2 Å². The van der Waals surface area contributed by atoms with Crippen LogP contribution in [0.15, 0.2) is 23.1 Å². The van der Waals surface area contributed by atoms with Crippen molar-refractivity contribution in [3.8, 4) is 0 Å². The van der Waals surface area contributed by atoms with Gasteiger partial charge in [-0.1, -0.05) is 43.5 Å². The molecule has 1 N–H and O–H groups in total. The van der Waals surface area contributed by atoms with E-state index in [1.807, 2.05) is 13.8 Å². The Kier molecular flexibility index (Phi) is 6.12. The van der Waals surface area contributed by atoms with Crippen LogP contribution in [0.2, 0.25) is 10.0 Å². The number of nitrogens with one attached hydrogen (secondary N) is 1. The van der Waals surface area contributed by atoms with Crippen molar-refractivity contribution in [2.45, 2.75) is 31.2 Å². The Labute approximate surface area is 125 Å². The van der Waals surface area contributed by atoms with Crippen molar-refractivity contribution in [2.75, 3.05) is 12.8 Å². The van der Waals surface area contributed by atoms with E-state index in [1.54, 1.807) is 13.1 Å². The van der Waals surface area contributed by atoms with E-state index in [4.69, 9.17) is 23.2 Å². The van der Waals surface area contributed by atoms with Crippen LogP contribution in [0.3, 0.4) is 0 Å². The van der Waals surface area contributed by atoms with Crippen molar-refractivity contribution in [2.24, 2.45) is 5.92 Å². The van der Waals surface area contributed by atoms with Crippen molar-refractivity contribution < 1.29 is 8.42 Å². The van der Waals surface area contributed by atoms with Crippen molar-refractivity contribution in [1.29, 1.82) is 0 Å². The fraction of sp³-hybridized carbons (Fsp3) is 0.538. The molecule has 0 aliphatic rings. The Morgan fingerprint density at radius 3 is 2.47 bits per heavy atom. The van der Waals surface area contributed by atoms with Gasteiger partial charge in [-0.15, -0.1) is 0 Å². The number of rotatable bonds is 6. The molecule has 0 bridgehead atoms. The fourth-order valence-electron chi connectivity index (χ4n) is 1.86. The molecule has 2 unspecified atom stereocenters. The molecule has 0 aliphatic carbocycles. The molecule has 0 spiro atoms. The lowest BCUT2D eigenvalue weighted by atomic mass is 10.0. The summed E-state index contributed by atoms with van der Waals surface area (Å²) in [6.45, 7) is 4.06. The minimum Gasteiger partial charge on any atom is -0.316 e. The lowest BCUT2D eigenvalue weighted by Gasteiger charge is -2.22. The third-order valence-corrected chi connectivity index (χ3v) is 5.81. The van der Waals surface area contributed by atoms with Gasteiger partial charge in [-0.25, -0.2) is 8.42 Å². The van der Waals surface area contributed by atoms with E-state index in [0.717, 1.165) is 6.42 Å². The summed E-state index contributed by atoms with van der Waals surface area (Å²) in [6, 6.07) is 4.38. The number of hydrogen-bond donors (Lipinski definition) is 1. The second-order valence-electron chi connectivity index (χ2n) is 4.64. The highest BCUT2D eigenvalue weighted by Crippen LogP contribution is 2.27. The molecule has 0 saturated carbocycles. The van der Waals surface area contributed by atoms with Crippen LogP contribution in [0.25, 0.3) is 0 Å². The summed E-state index contributed by atoms with van der Waals surface area (Å²) >= 11 is 11.8. The van der Waals surface area contributed by atoms with Gasteiger partial charge in [0.25, 0.3) is 0 Å². The topological polar surface area (TPSA) is 46.2 Å². The Bertz CT molecular complexity index is 531. The Morgan fingerprint density at radius 2 is 1.95 bits per heavy atom. The molecule has 0 aliphatic heterocycles. The summed E-state index contributed by atoms with van der Waals surface area (Å²) in [4.78, 5) is 0.102. The first kappa shape index (κ1) is 16.8. The quantitative estimate of drug-likeness (QED) is 0.872. The minimum absolute atomic E-state index is 0.0125. The van der Waals surface area contributed by atoms with Crippen molar-refractivity contribution >= 4 is 33.0 Å². The average Bonchev–Trinajstić information content (AvgIpc) is 2.37. The summed E-state index contributed by atoms with van der Waals surface area (Å²) in [5, 5.41) is 3.64. The monoisotopic (exact) mass is 323 g/mol. The fourth-order valence-corrected chi connectivity index (χ4v) is 4.38.